The first-order valence-electron chi connectivity index (χ1n) is 5.11. The molecule has 1 aliphatic rings. The number of nitro groups is 1. The number of nitrogens with zero attached hydrogens (tertiary/aromatic N) is 2. The standard InChI is InChI=1S/C11H14N2O2/c1-12-6-2-3-9-4-5-11(13(14)15)7-10(9)8-12/h4-5,7H,2-3,6,8H2,1H3. The maximum absolute atomic E-state index is 10.6. The Labute approximate surface area is 88.7 Å². The third-order valence-corrected chi connectivity index (χ3v) is 2.83. The molecule has 0 N–H and O–H groups in total. The Morgan fingerprint density at radius 1 is 1.40 bits per heavy atom. The highest BCUT2D eigenvalue weighted by molar-refractivity contribution is 5.40. The number of non-ortho nitro benzene ring substituents is 1. The fourth-order valence-electron chi connectivity index (χ4n) is 2.03. The number of aryl methyl sites for hydroxylation is 1. The monoisotopic (exact) mass is 206 g/mol. The molecule has 0 unspecified atom stereocenters. The van der Waals surface area contributed by atoms with E-state index in [1.165, 1.54) is 5.56 Å². The van der Waals surface area contributed by atoms with E-state index in [0.29, 0.717) is 0 Å². The first-order chi connectivity index (χ1) is 7.16. The first kappa shape index (κ1) is 10.1. The minimum Gasteiger partial charge on any atom is -0.302 e. The molecular formula is C11H14N2O2. The quantitative estimate of drug-likeness (QED) is 0.521. The van der Waals surface area contributed by atoms with Crippen LogP contribution in [0.2, 0.25) is 0 Å². The number of nitro benzene ring substituents is 1. The molecule has 1 aromatic rings. The van der Waals surface area contributed by atoms with Crippen LogP contribution in [0, 0.1) is 10.1 Å². The van der Waals surface area contributed by atoms with Gasteiger partial charge in [-0.3, -0.25) is 10.1 Å². The van der Waals surface area contributed by atoms with Gasteiger partial charge in [-0.05, 0) is 37.6 Å². The van der Waals surface area contributed by atoms with E-state index in [1.54, 1.807) is 12.1 Å². The van der Waals surface area contributed by atoms with E-state index in [1.807, 2.05) is 13.1 Å². The zero-order valence-corrected chi connectivity index (χ0v) is 8.77. The van der Waals surface area contributed by atoms with Crippen LogP contribution in [0.5, 0.6) is 0 Å². The molecule has 80 valence electrons. The molecule has 0 spiro atoms. The summed E-state index contributed by atoms with van der Waals surface area (Å²) in [5.41, 5.74) is 2.55. The molecule has 1 aliphatic heterocycles. The molecule has 0 saturated carbocycles. The van der Waals surface area contributed by atoms with Gasteiger partial charge in [-0.15, -0.1) is 0 Å². The van der Waals surface area contributed by atoms with Crippen molar-refractivity contribution in [2.75, 3.05) is 13.6 Å². The number of hydrogen-bond donors (Lipinski definition) is 0. The second-order valence-corrected chi connectivity index (χ2v) is 4.05. The fourth-order valence-corrected chi connectivity index (χ4v) is 2.03. The summed E-state index contributed by atoms with van der Waals surface area (Å²) >= 11 is 0. The SMILES string of the molecule is CN1CCCc2ccc([N+](=O)[O-])cc2C1. The van der Waals surface area contributed by atoms with Gasteiger partial charge in [-0.1, -0.05) is 6.07 Å². The van der Waals surface area contributed by atoms with Gasteiger partial charge in [-0.25, -0.2) is 0 Å². The Morgan fingerprint density at radius 3 is 2.93 bits per heavy atom. The number of rotatable bonds is 1. The molecule has 0 bridgehead atoms. The van der Waals surface area contributed by atoms with Crippen LogP contribution < -0.4 is 0 Å². The van der Waals surface area contributed by atoms with E-state index in [-0.39, 0.29) is 10.6 Å². The van der Waals surface area contributed by atoms with E-state index >= 15 is 0 Å². The highest BCUT2D eigenvalue weighted by Gasteiger charge is 2.14. The normalized spacial score (nSPS) is 16.9. The average Bonchev–Trinajstić information content (AvgIpc) is 2.37. The van der Waals surface area contributed by atoms with Crippen LogP contribution in [0.4, 0.5) is 5.69 Å². The summed E-state index contributed by atoms with van der Waals surface area (Å²) in [4.78, 5) is 12.5. The van der Waals surface area contributed by atoms with Crippen molar-refractivity contribution in [3.8, 4) is 0 Å². The van der Waals surface area contributed by atoms with Crippen LogP contribution in [0.1, 0.15) is 17.5 Å². The zero-order chi connectivity index (χ0) is 10.8. The maximum atomic E-state index is 10.6. The lowest BCUT2D eigenvalue weighted by atomic mass is 10.0. The highest BCUT2D eigenvalue weighted by atomic mass is 16.6. The molecular weight excluding hydrogens is 192 g/mol. The zero-order valence-electron chi connectivity index (χ0n) is 8.77. The van der Waals surface area contributed by atoms with E-state index in [4.69, 9.17) is 0 Å². The largest absolute Gasteiger partial charge is 0.302 e. The smallest absolute Gasteiger partial charge is 0.269 e. The van der Waals surface area contributed by atoms with Crippen molar-refractivity contribution >= 4 is 5.69 Å². The summed E-state index contributed by atoms with van der Waals surface area (Å²) in [7, 11) is 2.05. The molecule has 4 heteroatoms. The molecule has 0 fully saturated rings. The van der Waals surface area contributed by atoms with Crippen molar-refractivity contribution < 1.29 is 4.92 Å². The van der Waals surface area contributed by atoms with Crippen molar-refractivity contribution in [3.05, 3.63) is 39.4 Å². The van der Waals surface area contributed by atoms with E-state index in [0.717, 1.165) is 31.5 Å². The van der Waals surface area contributed by atoms with Crippen molar-refractivity contribution in [1.82, 2.24) is 4.90 Å². The summed E-state index contributed by atoms with van der Waals surface area (Å²) < 4.78 is 0. The van der Waals surface area contributed by atoms with Gasteiger partial charge >= 0.3 is 0 Å². The Balaban J connectivity index is 2.37. The van der Waals surface area contributed by atoms with Gasteiger partial charge in [0.15, 0.2) is 0 Å². The molecule has 0 aromatic heterocycles. The molecule has 2 rings (SSSR count). The van der Waals surface area contributed by atoms with Crippen LogP contribution in [-0.2, 0) is 13.0 Å². The maximum Gasteiger partial charge on any atom is 0.269 e. The number of fused-ring (bicyclic) bond motifs is 1. The summed E-state index contributed by atoms with van der Waals surface area (Å²) in [5, 5.41) is 10.6. The number of hydrogen-bond acceptors (Lipinski definition) is 3. The van der Waals surface area contributed by atoms with Gasteiger partial charge in [0.2, 0.25) is 0 Å². The van der Waals surface area contributed by atoms with Gasteiger partial charge in [0.25, 0.3) is 5.69 Å². The Kier molecular flexibility index (Phi) is 2.68. The van der Waals surface area contributed by atoms with Crippen LogP contribution in [0.25, 0.3) is 0 Å². The summed E-state index contributed by atoms with van der Waals surface area (Å²) in [6.45, 7) is 1.87. The summed E-state index contributed by atoms with van der Waals surface area (Å²) in [5.74, 6) is 0. The van der Waals surface area contributed by atoms with Gasteiger partial charge in [0.05, 0.1) is 4.92 Å². The van der Waals surface area contributed by atoms with Gasteiger partial charge < -0.3 is 4.90 Å². The van der Waals surface area contributed by atoms with Crippen molar-refractivity contribution in [3.63, 3.8) is 0 Å². The molecule has 1 heterocycles. The molecule has 0 aliphatic carbocycles. The Bertz CT molecular complexity index is 390. The average molecular weight is 206 g/mol. The van der Waals surface area contributed by atoms with E-state index in [9.17, 15) is 10.1 Å². The second kappa shape index (κ2) is 3.98. The lowest BCUT2D eigenvalue weighted by molar-refractivity contribution is -0.384. The molecule has 0 atom stereocenters. The highest BCUT2D eigenvalue weighted by Crippen LogP contribution is 2.22. The summed E-state index contributed by atoms with van der Waals surface area (Å²) in [6, 6.07) is 5.20. The topological polar surface area (TPSA) is 46.4 Å². The minimum absolute atomic E-state index is 0.198. The van der Waals surface area contributed by atoms with Crippen LogP contribution in [-0.4, -0.2) is 23.4 Å². The van der Waals surface area contributed by atoms with Crippen LogP contribution >= 0.6 is 0 Å². The second-order valence-electron chi connectivity index (χ2n) is 4.05. The van der Waals surface area contributed by atoms with Crippen molar-refractivity contribution in [1.29, 1.82) is 0 Å². The lowest BCUT2D eigenvalue weighted by Gasteiger charge is -2.12. The van der Waals surface area contributed by atoms with Crippen LogP contribution in [0.3, 0.4) is 0 Å². The molecule has 0 amide bonds. The molecule has 0 radical (unpaired) electrons. The predicted molar refractivity (Wildman–Crippen MR) is 57.8 cm³/mol. The predicted octanol–water partition coefficient (Wildman–Crippen LogP) is 1.97. The van der Waals surface area contributed by atoms with Crippen LogP contribution in [0.15, 0.2) is 18.2 Å². The molecule has 1 aromatic carbocycles. The third-order valence-electron chi connectivity index (χ3n) is 2.83. The minimum atomic E-state index is -0.328. The molecule has 15 heavy (non-hydrogen) atoms. The van der Waals surface area contributed by atoms with Gasteiger partial charge in [0.1, 0.15) is 0 Å². The Hall–Kier alpha value is -1.42. The number of benzene rings is 1. The van der Waals surface area contributed by atoms with Gasteiger partial charge in [-0.2, -0.15) is 0 Å². The van der Waals surface area contributed by atoms with Gasteiger partial charge in [0, 0.05) is 18.7 Å². The Morgan fingerprint density at radius 2 is 2.20 bits per heavy atom. The lowest BCUT2D eigenvalue weighted by Crippen LogP contribution is -2.17. The first-order valence-corrected chi connectivity index (χ1v) is 5.11. The molecule has 4 nitrogen and oxygen atoms in total. The summed E-state index contributed by atoms with van der Waals surface area (Å²) in [6.07, 6.45) is 2.15. The fraction of sp³-hybridized carbons (Fsp3) is 0.455. The van der Waals surface area contributed by atoms with E-state index < -0.39 is 0 Å². The molecule has 0 saturated heterocycles. The van der Waals surface area contributed by atoms with E-state index in [2.05, 4.69) is 4.90 Å². The third kappa shape index (κ3) is 2.15. The van der Waals surface area contributed by atoms with Crippen molar-refractivity contribution in [2.45, 2.75) is 19.4 Å². The van der Waals surface area contributed by atoms with Crippen molar-refractivity contribution in [2.24, 2.45) is 0 Å².